The summed E-state index contributed by atoms with van der Waals surface area (Å²) in [5.74, 6) is -3.14. The monoisotopic (exact) mass is 247 g/mol. The molecule has 0 spiro atoms. The van der Waals surface area contributed by atoms with Crippen molar-refractivity contribution in [3.05, 3.63) is 28.8 Å². The van der Waals surface area contributed by atoms with Crippen molar-refractivity contribution in [2.45, 2.75) is 26.2 Å². The number of nitrogens with one attached hydrogen (secondary N) is 1. The Morgan fingerprint density at radius 3 is 2.56 bits per heavy atom. The van der Waals surface area contributed by atoms with Gasteiger partial charge in [-0.25, -0.2) is 8.78 Å². The van der Waals surface area contributed by atoms with Crippen molar-refractivity contribution in [3.8, 4) is 0 Å². The molecule has 0 fully saturated rings. The van der Waals surface area contributed by atoms with Crippen molar-refractivity contribution in [2.75, 3.05) is 5.32 Å². The van der Waals surface area contributed by atoms with Gasteiger partial charge in [-0.3, -0.25) is 4.79 Å². The van der Waals surface area contributed by atoms with Gasteiger partial charge in [-0.2, -0.15) is 0 Å². The standard InChI is InChI=1S/C11H12ClF2NO/c1-3-10(16)15-9-5-4-7(6-8(9)12)11(2,13)14/h4-6H,3H2,1-2H3,(H,15,16). The number of hydrogen-bond acceptors (Lipinski definition) is 1. The first kappa shape index (κ1) is 12.9. The largest absolute Gasteiger partial charge is 0.325 e. The predicted molar refractivity (Wildman–Crippen MR) is 59.9 cm³/mol. The van der Waals surface area contributed by atoms with Crippen molar-refractivity contribution >= 4 is 23.2 Å². The van der Waals surface area contributed by atoms with Crippen molar-refractivity contribution < 1.29 is 13.6 Å². The Kier molecular flexibility index (Phi) is 3.86. The molecule has 88 valence electrons. The molecule has 0 saturated carbocycles. The third kappa shape index (κ3) is 3.17. The number of carbonyl (C=O) groups excluding carboxylic acids is 1. The molecular weight excluding hydrogens is 236 g/mol. The first-order valence-electron chi connectivity index (χ1n) is 4.82. The van der Waals surface area contributed by atoms with E-state index < -0.39 is 5.92 Å². The first-order valence-corrected chi connectivity index (χ1v) is 5.20. The van der Waals surface area contributed by atoms with Crippen LogP contribution in [0.2, 0.25) is 5.02 Å². The Balaban J connectivity index is 2.96. The Morgan fingerprint density at radius 2 is 2.12 bits per heavy atom. The van der Waals surface area contributed by atoms with Crippen molar-refractivity contribution in [1.29, 1.82) is 0 Å². The van der Waals surface area contributed by atoms with Gasteiger partial charge in [0.25, 0.3) is 5.92 Å². The van der Waals surface area contributed by atoms with Crippen molar-refractivity contribution in [1.82, 2.24) is 0 Å². The fourth-order valence-corrected chi connectivity index (χ4v) is 1.36. The van der Waals surface area contributed by atoms with Gasteiger partial charge in [-0.15, -0.1) is 0 Å². The molecule has 5 heteroatoms. The quantitative estimate of drug-likeness (QED) is 0.865. The average molecular weight is 248 g/mol. The maximum Gasteiger partial charge on any atom is 0.270 e. The second-order valence-corrected chi connectivity index (χ2v) is 3.89. The lowest BCUT2D eigenvalue weighted by Crippen LogP contribution is -2.11. The third-order valence-corrected chi connectivity index (χ3v) is 2.38. The molecule has 16 heavy (non-hydrogen) atoms. The Bertz CT molecular complexity index is 401. The van der Waals surface area contributed by atoms with Gasteiger partial charge in [0.05, 0.1) is 10.7 Å². The van der Waals surface area contributed by atoms with E-state index in [4.69, 9.17) is 11.6 Å². The lowest BCUT2D eigenvalue weighted by atomic mass is 10.1. The molecule has 0 heterocycles. The zero-order valence-corrected chi connectivity index (χ0v) is 9.74. The van der Waals surface area contributed by atoms with Crippen molar-refractivity contribution in [2.24, 2.45) is 0 Å². The molecule has 0 saturated heterocycles. The summed E-state index contributed by atoms with van der Waals surface area (Å²) in [5, 5.41) is 2.63. The topological polar surface area (TPSA) is 29.1 Å². The molecule has 1 aromatic carbocycles. The van der Waals surface area contributed by atoms with Crippen LogP contribution in [0.5, 0.6) is 0 Å². The Hall–Kier alpha value is -1.16. The van der Waals surface area contributed by atoms with Crippen LogP contribution in [0.3, 0.4) is 0 Å². The minimum absolute atomic E-state index is 0.112. The molecule has 1 rings (SSSR count). The van der Waals surface area contributed by atoms with Crippen LogP contribution in [0.15, 0.2) is 18.2 Å². The van der Waals surface area contributed by atoms with Crippen LogP contribution >= 0.6 is 11.6 Å². The predicted octanol–water partition coefficient (Wildman–Crippen LogP) is 3.80. The highest BCUT2D eigenvalue weighted by atomic mass is 35.5. The number of hydrogen-bond donors (Lipinski definition) is 1. The number of benzene rings is 1. The van der Waals surface area contributed by atoms with Gasteiger partial charge in [-0.05, 0) is 12.1 Å². The number of halogens is 3. The summed E-state index contributed by atoms with van der Waals surface area (Å²) < 4.78 is 25.9. The van der Waals surface area contributed by atoms with E-state index in [0.717, 1.165) is 13.0 Å². The van der Waals surface area contributed by atoms with E-state index in [1.54, 1.807) is 6.92 Å². The van der Waals surface area contributed by atoms with Crippen LogP contribution in [-0.2, 0) is 10.7 Å². The Morgan fingerprint density at radius 1 is 1.50 bits per heavy atom. The fraction of sp³-hybridized carbons (Fsp3) is 0.364. The zero-order valence-electron chi connectivity index (χ0n) is 8.98. The smallest absolute Gasteiger partial charge is 0.270 e. The molecule has 2 nitrogen and oxygen atoms in total. The van der Waals surface area contributed by atoms with Gasteiger partial charge in [0.1, 0.15) is 0 Å². The summed E-state index contributed by atoms with van der Waals surface area (Å²) in [6, 6.07) is 3.78. The molecule has 0 unspecified atom stereocenters. The van der Waals surface area contributed by atoms with Crippen molar-refractivity contribution in [3.63, 3.8) is 0 Å². The van der Waals surface area contributed by atoms with Gasteiger partial charge < -0.3 is 5.32 Å². The molecule has 1 aromatic rings. The average Bonchev–Trinajstić information content (AvgIpc) is 2.19. The molecule has 1 amide bonds. The van der Waals surface area contributed by atoms with E-state index in [0.29, 0.717) is 12.1 Å². The summed E-state index contributed by atoms with van der Waals surface area (Å²) in [7, 11) is 0. The molecule has 0 aliphatic carbocycles. The molecule has 0 atom stereocenters. The molecule has 0 radical (unpaired) electrons. The third-order valence-electron chi connectivity index (χ3n) is 2.07. The minimum Gasteiger partial charge on any atom is -0.325 e. The highest BCUT2D eigenvalue weighted by Crippen LogP contribution is 2.32. The number of amides is 1. The van der Waals surface area contributed by atoms with Crippen LogP contribution in [0.1, 0.15) is 25.8 Å². The highest BCUT2D eigenvalue weighted by molar-refractivity contribution is 6.33. The second-order valence-electron chi connectivity index (χ2n) is 3.48. The lowest BCUT2D eigenvalue weighted by Gasteiger charge is -2.13. The Labute approximate surface area is 97.6 Å². The zero-order chi connectivity index (χ0) is 12.3. The van der Waals surface area contributed by atoms with E-state index in [2.05, 4.69) is 5.32 Å². The molecule has 0 aromatic heterocycles. The summed E-state index contributed by atoms with van der Waals surface area (Å²) in [6.45, 7) is 2.49. The highest BCUT2D eigenvalue weighted by Gasteiger charge is 2.24. The minimum atomic E-state index is -2.93. The van der Waals surface area contributed by atoms with E-state index in [9.17, 15) is 13.6 Å². The maximum atomic E-state index is 12.9. The molecule has 0 aliphatic rings. The first-order chi connectivity index (χ1) is 7.34. The molecule has 0 bridgehead atoms. The maximum absolute atomic E-state index is 12.9. The van der Waals surface area contributed by atoms with Gasteiger partial charge in [0.2, 0.25) is 5.91 Å². The normalized spacial score (nSPS) is 11.3. The van der Waals surface area contributed by atoms with Gasteiger partial charge in [0.15, 0.2) is 0 Å². The molecular formula is C11H12ClF2NO. The number of anilines is 1. The van der Waals surface area contributed by atoms with E-state index in [1.165, 1.54) is 12.1 Å². The van der Waals surface area contributed by atoms with Crippen LogP contribution in [0.25, 0.3) is 0 Å². The second kappa shape index (κ2) is 4.78. The SMILES string of the molecule is CCC(=O)Nc1ccc(C(C)(F)F)cc1Cl. The molecule has 1 N–H and O–H groups in total. The number of rotatable bonds is 3. The number of carbonyl (C=O) groups is 1. The van der Waals surface area contributed by atoms with Crippen LogP contribution in [0.4, 0.5) is 14.5 Å². The number of alkyl halides is 2. The van der Waals surface area contributed by atoms with E-state index >= 15 is 0 Å². The van der Waals surface area contributed by atoms with Crippen LogP contribution in [0, 0.1) is 0 Å². The lowest BCUT2D eigenvalue weighted by molar-refractivity contribution is -0.115. The van der Waals surface area contributed by atoms with Gasteiger partial charge in [0, 0.05) is 18.9 Å². The van der Waals surface area contributed by atoms with Gasteiger partial charge in [-0.1, -0.05) is 24.6 Å². The summed E-state index contributed by atoms with van der Waals surface area (Å²) >= 11 is 5.79. The molecule has 0 aliphatic heterocycles. The van der Waals surface area contributed by atoms with E-state index in [-0.39, 0.29) is 16.5 Å². The van der Waals surface area contributed by atoms with Gasteiger partial charge >= 0.3 is 0 Å². The van der Waals surface area contributed by atoms with Crippen LogP contribution < -0.4 is 5.32 Å². The fourth-order valence-electron chi connectivity index (χ4n) is 1.13. The van der Waals surface area contributed by atoms with E-state index in [1.807, 2.05) is 0 Å². The summed E-state index contributed by atoms with van der Waals surface area (Å²) in [4.78, 5) is 11.1. The summed E-state index contributed by atoms with van der Waals surface area (Å²) in [5.41, 5.74) is 0.175. The summed E-state index contributed by atoms with van der Waals surface area (Å²) in [6.07, 6.45) is 0.308. The van der Waals surface area contributed by atoms with Crippen LogP contribution in [-0.4, -0.2) is 5.91 Å².